The van der Waals surface area contributed by atoms with Crippen molar-refractivity contribution in [3.63, 3.8) is 0 Å². The van der Waals surface area contributed by atoms with E-state index in [2.05, 4.69) is 14.6 Å². The Balaban J connectivity index is 1.53. The largest absolute Gasteiger partial charge is 0.326 e. The lowest BCUT2D eigenvalue weighted by Crippen LogP contribution is -2.42. The number of hydrogen-bond acceptors (Lipinski definition) is 7. The molecular weight excluding hydrogens is 487 g/mol. The smallest absolute Gasteiger partial charge is 0.214 e. The van der Waals surface area contributed by atoms with Crippen LogP contribution in [0.25, 0.3) is 5.57 Å². The molecule has 11 heteroatoms. The summed E-state index contributed by atoms with van der Waals surface area (Å²) in [4.78, 5) is 11.8. The molecule has 8 nitrogen and oxygen atoms in total. The number of benzene rings is 1. The van der Waals surface area contributed by atoms with E-state index in [1.165, 1.54) is 23.5 Å². The van der Waals surface area contributed by atoms with Crippen molar-refractivity contribution in [3.05, 3.63) is 75.9 Å². The highest BCUT2D eigenvalue weighted by Gasteiger charge is 2.47. The molecule has 1 saturated carbocycles. The van der Waals surface area contributed by atoms with Crippen LogP contribution in [0.15, 0.2) is 58.8 Å². The van der Waals surface area contributed by atoms with E-state index < -0.39 is 15.6 Å². The molecule has 182 valence electrons. The topological polar surface area (TPSA) is 92.5 Å². The van der Waals surface area contributed by atoms with Crippen LogP contribution in [0.5, 0.6) is 0 Å². The van der Waals surface area contributed by atoms with Crippen LogP contribution in [0.3, 0.4) is 0 Å². The van der Waals surface area contributed by atoms with Gasteiger partial charge in [0.2, 0.25) is 10.0 Å². The van der Waals surface area contributed by atoms with Crippen molar-refractivity contribution in [2.75, 3.05) is 6.54 Å². The number of rotatable bonds is 6. The van der Waals surface area contributed by atoms with Gasteiger partial charge in [0.15, 0.2) is 10.8 Å². The number of sulfonamides is 1. The summed E-state index contributed by atoms with van der Waals surface area (Å²) in [6, 6.07) is 8.02. The first-order chi connectivity index (χ1) is 16.7. The fourth-order valence-electron chi connectivity index (χ4n) is 5.01. The zero-order valence-electron chi connectivity index (χ0n) is 19.3. The Bertz CT molecular complexity index is 1440. The molecule has 0 radical (unpaired) electrons. The van der Waals surface area contributed by atoms with Crippen molar-refractivity contribution in [1.82, 2.24) is 24.4 Å². The highest BCUT2D eigenvalue weighted by Crippen LogP contribution is 2.48. The van der Waals surface area contributed by atoms with E-state index in [0.717, 1.165) is 27.5 Å². The van der Waals surface area contributed by atoms with E-state index in [0.29, 0.717) is 31.6 Å². The van der Waals surface area contributed by atoms with E-state index in [4.69, 9.17) is 10.1 Å². The fourth-order valence-corrected chi connectivity index (χ4v) is 7.22. The molecular formula is C24H25FN6O2S2. The third-order valence-electron chi connectivity index (χ3n) is 6.82. The number of nitrogens with zero attached hydrogens (tertiary/aromatic N) is 5. The summed E-state index contributed by atoms with van der Waals surface area (Å²) in [7, 11) is -1.50. The Kier molecular flexibility index (Phi) is 5.20. The molecule has 1 saturated heterocycles. The fraction of sp³-hybridized carbons (Fsp3) is 0.375. The number of aromatic nitrogens is 3. The second-order valence-corrected chi connectivity index (χ2v) is 12.3. The molecule has 3 aliphatic rings. The molecule has 0 unspecified atom stereocenters. The first kappa shape index (κ1) is 22.6. The van der Waals surface area contributed by atoms with Crippen molar-refractivity contribution in [1.29, 1.82) is 0 Å². The molecule has 1 N–H and O–H groups in total. The predicted molar refractivity (Wildman–Crippen MR) is 133 cm³/mol. The minimum atomic E-state index is -3.36. The van der Waals surface area contributed by atoms with Crippen molar-refractivity contribution in [3.8, 4) is 0 Å². The van der Waals surface area contributed by atoms with E-state index in [1.54, 1.807) is 23.0 Å². The van der Waals surface area contributed by atoms with Crippen LogP contribution in [-0.2, 0) is 22.6 Å². The molecule has 35 heavy (non-hydrogen) atoms. The summed E-state index contributed by atoms with van der Waals surface area (Å²) in [5.74, 6) is 0.371. The Morgan fingerprint density at radius 1 is 1.20 bits per heavy atom. The standard InChI is InChI=1S/C24H25FN6O2S2/c1-24(15-3-5-16(25)6-4-15)21(19-9-11-30(2)28-19)20-13-17(29-35(32,33)18-7-8-18)14-31(20)22(27-24)23-26-10-12-34-23/h3-6,9-12,17-18,29H,7-8,13-14H2,1-2H3/t17-,24-/m0/s1. The molecule has 0 bridgehead atoms. The molecule has 2 atom stereocenters. The van der Waals surface area contributed by atoms with E-state index >= 15 is 0 Å². The SMILES string of the molecule is Cn1ccc(C2=C3C[C@H](NS(=O)(=O)C4CC4)CN3C(c3nccs3)=N[C@@]2(C)c2ccc(F)cc2)n1. The van der Waals surface area contributed by atoms with Crippen LogP contribution in [0.2, 0.25) is 0 Å². The summed E-state index contributed by atoms with van der Waals surface area (Å²) in [6.07, 6.45) is 5.53. The highest BCUT2D eigenvalue weighted by molar-refractivity contribution is 7.90. The van der Waals surface area contributed by atoms with Crippen LogP contribution in [0.4, 0.5) is 4.39 Å². The molecule has 6 rings (SSSR count). The minimum absolute atomic E-state index is 0.291. The van der Waals surface area contributed by atoms with E-state index in [9.17, 15) is 12.8 Å². The Hall–Kier alpha value is -2.89. The zero-order chi connectivity index (χ0) is 24.4. The van der Waals surface area contributed by atoms with Gasteiger partial charge in [0.1, 0.15) is 11.4 Å². The first-order valence-corrected chi connectivity index (χ1v) is 14.0. The summed E-state index contributed by atoms with van der Waals surface area (Å²) in [5.41, 5.74) is 2.55. The molecule has 0 spiro atoms. The van der Waals surface area contributed by atoms with E-state index in [1.807, 2.05) is 31.6 Å². The van der Waals surface area contributed by atoms with Gasteiger partial charge >= 0.3 is 0 Å². The number of amidine groups is 1. The van der Waals surface area contributed by atoms with Gasteiger partial charge in [-0.15, -0.1) is 11.3 Å². The maximum Gasteiger partial charge on any atom is 0.214 e. The quantitative estimate of drug-likeness (QED) is 0.547. The monoisotopic (exact) mass is 512 g/mol. The molecule has 4 heterocycles. The third-order valence-corrected chi connectivity index (χ3v) is 9.60. The van der Waals surface area contributed by atoms with Gasteiger partial charge in [-0.05, 0) is 43.5 Å². The maximum absolute atomic E-state index is 13.9. The number of aliphatic imine (C=N–C) groups is 1. The van der Waals surface area contributed by atoms with Crippen molar-refractivity contribution < 1.29 is 12.8 Å². The number of fused-ring (bicyclic) bond motifs is 1. The molecule has 1 aliphatic carbocycles. The lowest BCUT2D eigenvalue weighted by molar-refractivity contribution is 0.499. The molecule has 3 aromatic rings. The molecule has 2 fully saturated rings. The van der Waals surface area contributed by atoms with Gasteiger partial charge in [0.05, 0.1) is 10.9 Å². The average molecular weight is 513 g/mol. The van der Waals surface area contributed by atoms with Gasteiger partial charge in [-0.2, -0.15) is 5.10 Å². The lowest BCUT2D eigenvalue weighted by atomic mass is 9.80. The normalized spacial score (nSPS) is 24.6. The minimum Gasteiger partial charge on any atom is -0.326 e. The summed E-state index contributed by atoms with van der Waals surface area (Å²) in [5, 5.41) is 7.05. The lowest BCUT2D eigenvalue weighted by Gasteiger charge is -2.38. The Morgan fingerprint density at radius 2 is 1.97 bits per heavy atom. The van der Waals surface area contributed by atoms with Crippen LogP contribution in [-0.4, -0.2) is 51.8 Å². The van der Waals surface area contributed by atoms with Gasteiger partial charge in [-0.25, -0.2) is 27.5 Å². The highest BCUT2D eigenvalue weighted by atomic mass is 32.2. The third kappa shape index (κ3) is 3.91. The van der Waals surface area contributed by atoms with Gasteiger partial charge in [-0.1, -0.05) is 12.1 Å². The average Bonchev–Trinajstić information content (AvgIpc) is 3.19. The van der Waals surface area contributed by atoms with Crippen molar-refractivity contribution >= 4 is 32.8 Å². The number of hydrogen-bond donors (Lipinski definition) is 1. The van der Waals surface area contributed by atoms with Gasteiger partial charge in [-0.3, -0.25) is 4.68 Å². The number of halogens is 1. The van der Waals surface area contributed by atoms with Crippen molar-refractivity contribution in [2.24, 2.45) is 12.0 Å². The first-order valence-electron chi connectivity index (χ1n) is 11.5. The van der Waals surface area contributed by atoms with Crippen LogP contribution < -0.4 is 4.72 Å². The summed E-state index contributed by atoms with van der Waals surface area (Å²) < 4.78 is 44.1. The van der Waals surface area contributed by atoms with Gasteiger partial charge < -0.3 is 4.90 Å². The predicted octanol–water partition coefficient (Wildman–Crippen LogP) is 3.26. The van der Waals surface area contributed by atoms with Crippen LogP contribution in [0, 0.1) is 5.82 Å². The number of nitrogens with one attached hydrogen (secondary N) is 1. The second-order valence-electron chi connectivity index (χ2n) is 9.42. The number of aryl methyl sites for hydroxylation is 1. The van der Waals surface area contributed by atoms with Gasteiger partial charge in [0.25, 0.3) is 0 Å². The van der Waals surface area contributed by atoms with Crippen molar-refractivity contribution in [2.45, 2.75) is 43.0 Å². The molecule has 1 aromatic carbocycles. The molecule has 2 aromatic heterocycles. The van der Waals surface area contributed by atoms with Gasteiger partial charge in [0, 0.05) is 55.1 Å². The maximum atomic E-state index is 13.9. The number of thiazole rings is 1. The Labute approximate surface area is 207 Å². The Morgan fingerprint density at radius 3 is 2.60 bits per heavy atom. The molecule has 2 aliphatic heterocycles. The summed E-state index contributed by atoms with van der Waals surface area (Å²) >= 11 is 1.48. The van der Waals surface area contributed by atoms with E-state index in [-0.39, 0.29) is 17.1 Å². The van der Waals surface area contributed by atoms with Crippen LogP contribution in [0.1, 0.15) is 42.5 Å². The second kappa shape index (κ2) is 8.07. The summed E-state index contributed by atoms with van der Waals surface area (Å²) in [6.45, 7) is 2.46. The van der Waals surface area contributed by atoms with Crippen LogP contribution >= 0.6 is 11.3 Å². The zero-order valence-corrected chi connectivity index (χ0v) is 21.0. The molecule has 0 amide bonds.